The van der Waals surface area contributed by atoms with Crippen LogP contribution in [-0.4, -0.2) is 36.1 Å². The van der Waals surface area contributed by atoms with Gasteiger partial charge in [-0.3, -0.25) is 10.1 Å². The van der Waals surface area contributed by atoms with Gasteiger partial charge in [-0.15, -0.1) is 0 Å². The zero-order valence-electron chi connectivity index (χ0n) is 12.4. The summed E-state index contributed by atoms with van der Waals surface area (Å²) in [7, 11) is 1.69. The van der Waals surface area contributed by atoms with E-state index in [-0.39, 0.29) is 23.7 Å². The van der Waals surface area contributed by atoms with Gasteiger partial charge in [0.15, 0.2) is 0 Å². The predicted molar refractivity (Wildman–Crippen MR) is 82.1 cm³/mol. The van der Waals surface area contributed by atoms with Gasteiger partial charge in [-0.05, 0) is 43.9 Å². The highest BCUT2D eigenvalue weighted by atomic mass is 35.5. The number of nitrogens with one attached hydrogen (secondary N) is 1. The van der Waals surface area contributed by atoms with Crippen molar-refractivity contribution >= 4 is 17.5 Å². The predicted octanol–water partition coefficient (Wildman–Crippen LogP) is 2.73. The SMILES string of the molecule is COCCC(C)N1C(=O)C2(CC2)NC1c1ccc(Cl)cc1. The zero-order chi connectivity index (χ0) is 15.0. The van der Waals surface area contributed by atoms with Crippen molar-refractivity contribution in [3.63, 3.8) is 0 Å². The lowest BCUT2D eigenvalue weighted by molar-refractivity contribution is -0.133. The second-order valence-corrected chi connectivity index (χ2v) is 6.46. The maximum absolute atomic E-state index is 12.7. The summed E-state index contributed by atoms with van der Waals surface area (Å²) < 4.78 is 5.16. The summed E-state index contributed by atoms with van der Waals surface area (Å²) in [6.07, 6.45) is 2.64. The van der Waals surface area contributed by atoms with Gasteiger partial charge in [0.1, 0.15) is 11.7 Å². The molecule has 0 aromatic heterocycles. The smallest absolute Gasteiger partial charge is 0.244 e. The average Bonchev–Trinajstić information content (AvgIpc) is 3.19. The van der Waals surface area contributed by atoms with Crippen molar-refractivity contribution in [1.29, 1.82) is 0 Å². The van der Waals surface area contributed by atoms with Crippen LogP contribution in [-0.2, 0) is 9.53 Å². The molecule has 114 valence electrons. The number of carbonyl (C=O) groups excluding carboxylic acids is 1. The highest BCUT2D eigenvalue weighted by Crippen LogP contribution is 2.47. The minimum absolute atomic E-state index is 0.0656. The third kappa shape index (κ3) is 2.68. The van der Waals surface area contributed by atoms with Crippen molar-refractivity contribution in [2.75, 3.05) is 13.7 Å². The fourth-order valence-electron chi connectivity index (χ4n) is 3.01. The van der Waals surface area contributed by atoms with Gasteiger partial charge in [0.2, 0.25) is 5.91 Å². The lowest BCUT2D eigenvalue weighted by Gasteiger charge is -2.30. The molecule has 3 rings (SSSR count). The Morgan fingerprint density at radius 1 is 1.43 bits per heavy atom. The molecule has 2 unspecified atom stereocenters. The average molecular weight is 309 g/mol. The first-order valence-corrected chi connectivity index (χ1v) is 7.80. The molecule has 2 atom stereocenters. The van der Waals surface area contributed by atoms with E-state index in [1.165, 1.54) is 0 Å². The third-order valence-corrected chi connectivity index (χ3v) is 4.74. The zero-order valence-corrected chi connectivity index (χ0v) is 13.2. The van der Waals surface area contributed by atoms with Gasteiger partial charge in [0.05, 0.1) is 0 Å². The normalized spacial score (nSPS) is 24.6. The van der Waals surface area contributed by atoms with E-state index < -0.39 is 0 Å². The Morgan fingerprint density at radius 3 is 2.67 bits per heavy atom. The van der Waals surface area contributed by atoms with Crippen molar-refractivity contribution in [2.24, 2.45) is 0 Å². The Labute approximate surface area is 130 Å². The second kappa shape index (κ2) is 5.59. The molecule has 1 aliphatic carbocycles. The van der Waals surface area contributed by atoms with Crippen LogP contribution in [0.3, 0.4) is 0 Å². The van der Waals surface area contributed by atoms with E-state index >= 15 is 0 Å². The van der Waals surface area contributed by atoms with Crippen LogP contribution < -0.4 is 5.32 Å². The Morgan fingerprint density at radius 2 is 2.10 bits per heavy atom. The van der Waals surface area contributed by atoms with E-state index in [0.29, 0.717) is 11.6 Å². The van der Waals surface area contributed by atoms with Crippen LogP contribution in [0, 0.1) is 0 Å². The van der Waals surface area contributed by atoms with Crippen LogP contribution in [0.1, 0.15) is 37.9 Å². The minimum atomic E-state index is -0.314. The second-order valence-electron chi connectivity index (χ2n) is 6.02. The summed E-state index contributed by atoms with van der Waals surface area (Å²) in [5.74, 6) is 0.228. The maximum atomic E-state index is 12.7. The molecule has 2 aliphatic rings. The van der Waals surface area contributed by atoms with Gasteiger partial charge in [-0.25, -0.2) is 0 Å². The molecular weight excluding hydrogens is 288 g/mol. The number of benzene rings is 1. The van der Waals surface area contributed by atoms with Gasteiger partial charge >= 0.3 is 0 Å². The van der Waals surface area contributed by atoms with Crippen molar-refractivity contribution in [2.45, 2.75) is 43.9 Å². The molecule has 1 saturated carbocycles. The van der Waals surface area contributed by atoms with Gasteiger partial charge in [0.25, 0.3) is 0 Å². The Bertz CT molecular complexity index is 528. The quantitative estimate of drug-likeness (QED) is 0.909. The first-order valence-electron chi connectivity index (χ1n) is 7.42. The summed E-state index contributed by atoms with van der Waals surface area (Å²) in [5, 5.41) is 4.24. The molecule has 1 aromatic carbocycles. The molecular formula is C16H21ClN2O2. The van der Waals surface area contributed by atoms with Crippen molar-refractivity contribution < 1.29 is 9.53 Å². The molecule has 0 radical (unpaired) electrons. The van der Waals surface area contributed by atoms with Crippen LogP contribution in [0.4, 0.5) is 0 Å². The van der Waals surface area contributed by atoms with Crippen molar-refractivity contribution in [3.8, 4) is 0 Å². The number of halogens is 1. The molecule has 21 heavy (non-hydrogen) atoms. The lowest BCUT2D eigenvalue weighted by Crippen LogP contribution is -2.39. The summed E-state index contributed by atoms with van der Waals surface area (Å²) in [5.41, 5.74) is 0.770. The summed E-state index contributed by atoms with van der Waals surface area (Å²) in [6.45, 7) is 2.74. The van der Waals surface area contributed by atoms with Crippen LogP contribution in [0.5, 0.6) is 0 Å². The molecule has 0 bridgehead atoms. The highest BCUT2D eigenvalue weighted by molar-refractivity contribution is 6.30. The molecule has 1 aliphatic heterocycles. The highest BCUT2D eigenvalue weighted by Gasteiger charge is 2.60. The molecule has 2 fully saturated rings. The number of carbonyl (C=O) groups is 1. The lowest BCUT2D eigenvalue weighted by atomic mass is 10.1. The van der Waals surface area contributed by atoms with Crippen LogP contribution >= 0.6 is 11.6 Å². The van der Waals surface area contributed by atoms with Gasteiger partial charge < -0.3 is 9.64 Å². The molecule has 1 spiro atoms. The van der Waals surface area contributed by atoms with Crippen LogP contribution in [0.25, 0.3) is 0 Å². The standard InChI is InChI=1S/C16H21ClN2O2/c1-11(7-10-21-2)19-14(12-3-5-13(17)6-4-12)18-16(8-9-16)15(19)20/h3-6,11,14,18H,7-10H2,1-2H3. The monoisotopic (exact) mass is 308 g/mol. The fourth-order valence-corrected chi connectivity index (χ4v) is 3.14. The fraction of sp³-hybridized carbons (Fsp3) is 0.562. The number of hydrogen-bond acceptors (Lipinski definition) is 3. The molecule has 1 aromatic rings. The first-order chi connectivity index (χ1) is 10.1. The summed E-state index contributed by atoms with van der Waals surface area (Å²) in [4.78, 5) is 14.7. The first kappa shape index (κ1) is 14.8. The van der Waals surface area contributed by atoms with Gasteiger partial charge in [-0.2, -0.15) is 0 Å². The Balaban J connectivity index is 1.85. The van der Waals surface area contributed by atoms with Gasteiger partial charge in [0, 0.05) is 24.8 Å². The summed E-state index contributed by atoms with van der Waals surface area (Å²) >= 11 is 5.97. The topological polar surface area (TPSA) is 41.6 Å². The molecule has 5 heteroatoms. The summed E-state index contributed by atoms with van der Waals surface area (Å²) in [6, 6.07) is 7.87. The molecule has 4 nitrogen and oxygen atoms in total. The van der Waals surface area contributed by atoms with Crippen molar-refractivity contribution in [3.05, 3.63) is 34.9 Å². The molecule has 1 N–H and O–H groups in total. The Kier molecular flexibility index (Phi) is 3.95. The number of hydrogen-bond donors (Lipinski definition) is 1. The molecule has 1 heterocycles. The van der Waals surface area contributed by atoms with Crippen LogP contribution in [0.2, 0.25) is 5.02 Å². The van der Waals surface area contributed by atoms with Crippen LogP contribution in [0.15, 0.2) is 24.3 Å². The van der Waals surface area contributed by atoms with E-state index in [9.17, 15) is 4.79 Å². The number of amides is 1. The van der Waals surface area contributed by atoms with Gasteiger partial charge in [-0.1, -0.05) is 23.7 Å². The molecule has 1 saturated heterocycles. The third-order valence-electron chi connectivity index (χ3n) is 4.49. The number of nitrogens with zero attached hydrogens (tertiary/aromatic N) is 1. The van der Waals surface area contributed by atoms with E-state index in [1.54, 1.807) is 7.11 Å². The van der Waals surface area contributed by atoms with E-state index in [1.807, 2.05) is 29.2 Å². The molecule has 1 amide bonds. The maximum Gasteiger partial charge on any atom is 0.244 e. The van der Waals surface area contributed by atoms with E-state index in [4.69, 9.17) is 16.3 Å². The number of methoxy groups -OCH3 is 1. The van der Waals surface area contributed by atoms with E-state index in [2.05, 4.69) is 12.2 Å². The largest absolute Gasteiger partial charge is 0.385 e. The van der Waals surface area contributed by atoms with Crippen molar-refractivity contribution in [1.82, 2.24) is 10.2 Å². The number of ether oxygens (including phenoxy) is 1. The minimum Gasteiger partial charge on any atom is -0.385 e. The van der Waals surface area contributed by atoms with E-state index in [0.717, 1.165) is 24.8 Å². The number of rotatable bonds is 5. The Hall–Kier alpha value is -1.10.